The fourth-order valence-corrected chi connectivity index (χ4v) is 1.75. The number of amides is 1. The van der Waals surface area contributed by atoms with Gasteiger partial charge in [-0.1, -0.05) is 0 Å². The number of aliphatic hydroxyl groups excluding tert-OH is 1. The Bertz CT molecular complexity index is 382. The molecule has 0 aliphatic heterocycles. The number of hydrogen-bond donors (Lipinski definition) is 2. The number of anilines is 1. The van der Waals surface area contributed by atoms with Crippen LogP contribution in [0.2, 0.25) is 0 Å². The molecule has 0 saturated heterocycles. The van der Waals surface area contributed by atoms with E-state index in [9.17, 15) is 4.79 Å². The molecule has 2 N–H and O–H groups in total. The molecule has 18 heavy (non-hydrogen) atoms. The van der Waals surface area contributed by atoms with E-state index in [-0.39, 0.29) is 12.5 Å². The SMILES string of the molecule is CCNc1cnccc1C(=O)N(CC)CCCO. The van der Waals surface area contributed by atoms with E-state index in [1.54, 1.807) is 23.4 Å². The van der Waals surface area contributed by atoms with Crippen molar-refractivity contribution in [3.05, 3.63) is 24.0 Å². The van der Waals surface area contributed by atoms with Gasteiger partial charge in [-0.05, 0) is 26.3 Å². The molecule has 0 aromatic carbocycles. The van der Waals surface area contributed by atoms with Crippen LogP contribution in [0.1, 0.15) is 30.6 Å². The first-order valence-corrected chi connectivity index (χ1v) is 6.32. The average molecular weight is 251 g/mol. The zero-order valence-electron chi connectivity index (χ0n) is 11.0. The Kier molecular flexibility index (Phi) is 6.14. The fourth-order valence-electron chi connectivity index (χ4n) is 1.75. The summed E-state index contributed by atoms with van der Waals surface area (Å²) in [4.78, 5) is 18.1. The number of aromatic nitrogens is 1. The molecule has 0 aliphatic rings. The van der Waals surface area contributed by atoms with Gasteiger partial charge in [0.15, 0.2) is 0 Å². The van der Waals surface area contributed by atoms with Crippen LogP contribution >= 0.6 is 0 Å². The molecule has 1 aromatic rings. The highest BCUT2D eigenvalue weighted by atomic mass is 16.3. The molecule has 1 heterocycles. The molecule has 1 aromatic heterocycles. The number of carbonyl (C=O) groups is 1. The van der Waals surface area contributed by atoms with Crippen molar-refractivity contribution in [2.24, 2.45) is 0 Å². The van der Waals surface area contributed by atoms with Gasteiger partial charge in [0.1, 0.15) is 0 Å². The Balaban J connectivity index is 2.86. The van der Waals surface area contributed by atoms with Crippen molar-refractivity contribution >= 4 is 11.6 Å². The fraction of sp³-hybridized carbons (Fsp3) is 0.538. The molecule has 0 radical (unpaired) electrons. The second-order valence-electron chi connectivity index (χ2n) is 3.91. The highest BCUT2D eigenvalue weighted by Gasteiger charge is 2.16. The van der Waals surface area contributed by atoms with Crippen LogP contribution in [0.15, 0.2) is 18.5 Å². The molecule has 0 unspecified atom stereocenters. The van der Waals surface area contributed by atoms with Crippen LogP contribution in [0.25, 0.3) is 0 Å². The van der Waals surface area contributed by atoms with Crippen LogP contribution in [-0.4, -0.2) is 47.1 Å². The normalized spacial score (nSPS) is 10.2. The Morgan fingerprint density at radius 2 is 2.28 bits per heavy atom. The lowest BCUT2D eigenvalue weighted by Crippen LogP contribution is -2.32. The molecule has 0 spiro atoms. The highest BCUT2D eigenvalue weighted by molar-refractivity contribution is 5.99. The molecule has 0 fully saturated rings. The summed E-state index contributed by atoms with van der Waals surface area (Å²) >= 11 is 0. The zero-order chi connectivity index (χ0) is 13.4. The third-order valence-corrected chi connectivity index (χ3v) is 2.67. The van der Waals surface area contributed by atoms with Crippen LogP contribution < -0.4 is 5.32 Å². The maximum absolute atomic E-state index is 12.4. The van der Waals surface area contributed by atoms with E-state index in [1.807, 2.05) is 13.8 Å². The summed E-state index contributed by atoms with van der Waals surface area (Å²) in [7, 11) is 0. The lowest BCUT2D eigenvalue weighted by Gasteiger charge is -2.21. The molecule has 5 nitrogen and oxygen atoms in total. The van der Waals surface area contributed by atoms with Crippen molar-refractivity contribution in [1.29, 1.82) is 0 Å². The van der Waals surface area contributed by atoms with E-state index in [0.717, 1.165) is 12.2 Å². The number of rotatable bonds is 7. The molecule has 1 amide bonds. The van der Waals surface area contributed by atoms with Crippen LogP contribution in [0.3, 0.4) is 0 Å². The van der Waals surface area contributed by atoms with Crippen LogP contribution in [-0.2, 0) is 0 Å². The number of aliphatic hydroxyl groups is 1. The van der Waals surface area contributed by atoms with E-state index >= 15 is 0 Å². The Hall–Kier alpha value is -1.62. The average Bonchev–Trinajstić information content (AvgIpc) is 2.40. The van der Waals surface area contributed by atoms with Crippen molar-refractivity contribution in [2.45, 2.75) is 20.3 Å². The lowest BCUT2D eigenvalue weighted by molar-refractivity contribution is 0.0755. The van der Waals surface area contributed by atoms with Gasteiger partial charge in [0, 0.05) is 32.4 Å². The van der Waals surface area contributed by atoms with Gasteiger partial charge in [0.25, 0.3) is 5.91 Å². The van der Waals surface area contributed by atoms with Gasteiger partial charge in [-0.25, -0.2) is 0 Å². The van der Waals surface area contributed by atoms with E-state index in [4.69, 9.17) is 5.11 Å². The third-order valence-electron chi connectivity index (χ3n) is 2.67. The number of nitrogens with zero attached hydrogens (tertiary/aromatic N) is 2. The van der Waals surface area contributed by atoms with Gasteiger partial charge >= 0.3 is 0 Å². The van der Waals surface area contributed by atoms with Crippen molar-refractivity contribution in [3.63, 3.8) is 0 Å². The molecule has 0 bridgehead atoms. The van der Waals surface area contributed by atoms with Crippen molar-refractivity contribution in [2.75, 3.05) is 31.6 Å². The number of nitrogens with one attached hydrogen (secondary N) is 1. The Labute approximate surface area is 108 Å². The minimum absolute atomic E-state index is 0.0238. The maximum Gasteiger partial charge on any atom is 0.256 e. The van der Waals surface area contributed by atoms with E-state index in [2.05, 4.69) is 10.3 Å². The van der Waals surface area contributed by atoms with Crippen molar-refractivity contribution in [3.8, 4) is 0 Å². The number of carbonyl (C=O) groups excluding carboxylic acids is 1. The summed E-state index contributed by atoms with van der Waals surface area (Å²) < 4.78 is 0. The van der Waals surface area contributed by atoms with Crippen LogP contribution in [0.5, 0.6) is 0 Å². The van der Waals surface area contributed by atoms with Gasteiger partial charge in [-0.15, -0.1) is 0 Å². The molecule has 1 rings (SSSR count). The van der Waals surface area contributed by atoms with E-state index < -0.39 is 0 Å². The first-order chi connectivity index (χ1) is 8.74. The summed E-state index contributed by atoms with van der Waals surface area (Å²) in [6.45, 7) is 5.95. The predicted molar refractivity (Wildman–Crippen MR) is 71.7 cm³/mol. The molecule has 5 heteroatoms. The third kappa shape index (κ3) is 3.70. The highest BCUT2D eigenvalue weighted by Crippen LogP contribution is 2.15. The number of hydrogen-bond acceptors (Lipinski definition) is 4. The maximum atomic E-state index is 12.4. The summed E-state index contributed by atoms with van der Waals surface area (Å²) in [5.74, 6) is -0.0238. The monoisotopic (exact) mass is 251 g/mol. The number of pyridine rings is 1. The smallest absolute Gasteiger partial charge is 0.256 e. The molecular formula is C13H21N3O2. The molecule has 0 atom stereocenters. The standard InChI is InChI=1S/C13H21N3O2/c1-3-15-12-10-14-7-6-11(12)13(18)16(4-2)8-5-9-17/h6-7,10,15,17H,3-5,8-9H2,1-2H3. The van der Waals surface area contributed by atoms with Crippen molar-refractivity contribution < 1.29 is 9.90 Å². The summed E-state index contributed by atoms with van der Waals surface area (Å²) in [5.41, 5.74) is 1.39. The topological polar surface area (TPSA) is 65.5 Å². The minimum atomic E-state index is -0.0238. The molecule has 0 aliphatic carbocycles. The minimum Gasteiger partial charge on any atom is -0.396 e. The zero-order valence-corrected chi connectivity index (χ0v) is 11.0. The van der Waals surface area contributed by atoms with Crippen LogP contribution in [0, 0.1) is 0 Å². The van der Waals surface area contributed by atoms with Gasteiger partial charge in [-0.2, -0.15) is 0 Å². The molecule has 0 saturated carbocycles. The van der Waals surface area contributed by atoms with E-state index in [0.29, 0.717) is 25.1 Å². The molecule has 100 valence electrons. The second-order valence-corrected chi connectivity index (χ2v) is 3.91. The van der Waals surface area contributed by atoms with Crippen LogP contribution in [0.4, 0.5) is 5.69 Å². The summed E-state index contributed by atoms with van der Waals surface area (Å²) in [6, 6.07) is 1.72. The largest absolute Gasteiger partial charge is 0.396 e. The van der Waals surface area contributed by atoms with Gasteiger partial charge in [-0.3, -0.25) is 9.78 Å². The first kappa shape index (κ1) is 14.4. The first-order valence-electron chi connectivity index (χ1n) is 6.32. The summed E-state index contributed by atoms with van der Waals surface area (Å²) in [5, 5.41) is 12.0. The molecular weight excluding hydrogens is 230 g/mol. The van der Waals surface area contributed by atoms with Crippen molar-refractivity contribution in [1.82, 2.24) is 9.88 Å². The summed E-state index contributed by atoms with van der Waals surface area (Å²) in [6.07, 6.45) is 3.88. The van der Waals surface area contributed by atoms with Gasteiger partial charge in [0.05, 0.1) is 17.4 Å². The lowest BCUT2D eigenvalue weighted by atomic mass is 10.2. The van der Waals surface area contributed by atoms with E-state index in [1.165, 1.54) is 0 Å². The Morgan fingerprint density at radius 3 is 2.89 bits per heavy atom. The van der Waals surface area contributed by atoms with Gasteiger partial charge < -0.3 is 15.3 Å². The Morgan fingerprint density at radius 1 is 1.50 bits per heavy atom. The quantitative estimate of drug-likeness (QED) is 0.768. The second kappa shape index (κ2) is 7.66. The predicted octanol–water partition coefficient (Wildman–Crippen LogP) is 1.36. The van der Waals surface area contributed by atoms with Gasteiger partial charge in [0.2, 0.25) is 0 Å².